The molecule has 24 heavy (non-hydrogen) atoms. The van der Waals surface area contributed by atoms with Crippen LogP contribution in [0, 0.1) is 0 Å². The number of hydrogen-bond donors (Lipinski definition) is 1. The first-order chi connectivity index (χ1) is 11.1. The van der Waals surface area contributed by atoms with Gasteiger partial charge in [-0.25, -0.2) is 4.99 Å². The maximum atomic E-state index is 11.8. The van der Waals surface area contributed by atoms with Crippen LogP contribution in [-0.4, -0.2) is 99.7 Å². The van der Waals surface area contributed by atoms with Gasteiger partial charge in [0.2, 0.25) is 5.91 Å². The molecule has 0 aromatic heterocycles. The number of likely N-dealkylation sites (tertiary alicyclic amines) is 2. The molecule has 1 N–H and O–H groups in total. The molecule has 0 bridgehead atoms. The molecule has 2 aliphatic rings. The molecular formula is C16H32IN5O2. The van der Waals surface area contributed by atoms with Crippen LogP contribution in [-0.2, 0) is 9.53 Å². The molecular weight excluding hydrogens is 421 g/mol. The van der Waals surface area contributed by atoms with Gasteiger partial charge < -0.3 is 19.9 Å². The second-order valence-electron chi connectivity index (χ2n) is 6.48. The minimum atomic E-state index is 0. The van der Waals surface area contributed by atoms with Crippen molar-refractivity contribution in [2.75, 3.05) is 67.1 Å². The Hall–Kier alpha value is -0.610. The van der Waals surface area contributed by atoms with E-state index in [1.54, 1.807) is 26.1 Å². The maximum Gasteiger partial charge on any atom is 0.243 e. The highest BCUT2D eigenvalue weighted by atomic mass is 127. The van der Waals surface area contributed by atoms with Crippen LogP contribution in [0.3, 0.4) is 0 Å². The zero-order valence-corrected chi connectivity index (χ0v) is 17.5. The highest BCUT2D eigenvalue weighted by Gasteiger charge is 2.30. The quantitative estimate of drug-likeness (QED) is 0.274. The summed E-state index contributed by atoms with van der Waals surface area (Å²) in [5, 5.41) is 3.33. The Morgan fingerprint density at radius 2 is 2.00 bits per heavy atom. The van der Waals surface area contributed by atoms with Crippen LogP contribution in [0.25, 0.3) is 0 Å². The van der Waals surface area contributed by atoms with E-state index in [-0.39, 0.29) is 36.4 Å². The topological polar surface area (TPSA) is 60.4 Å². The van der Waals surface area contributed by atoms with Crippen molar-refractivity contribution < 1.29 is 9.53 Å². The summed E-state index contributed by atoms with van der Waals surface area (Å²) in [7, 11) is 5.21. The third-order valence-electron chi connectivity index (χ3n) is 4.57. The molecule has 0 aromatic carbocycles. The number of nitrogens with zero attached hydrogens (tertiary/aromatic N) is 4. The van der Waals surface area contributed by atoms with Crippen LogP contribution in [0.15, 0.2) is 4.99 Å². The van der Waals surface area contributed by atoms with Gasteiger partial charge in [-0.15, -0.1) is 24.0 Å². The van der Waals surface area contributed by atoms with Gasteiger partial charge in [-0.1, -0.05) is 0 Å². The molecule has 2 saturated heterocycles. The summed E-state index contributed by atoms with van der Waals surface area (Å²) < 4.78 is 5.10. The number of carbonyl (C=O) groups excluding carboxylic acids is 1. The Kier molecular flexibility index (Phi) is 9.91. The van der Waals surface area contributed by atoms with E-state index in [2.05, 4.69) is 20.1 Å². The molecule has 7 nitrogen and oxygen atoms in total. The van der Waals surface area contributed by atoms with Crippen LogP contribution in [0.5, 0.6) is 0 Å². The number of guanidine groups is 1. The summed E-state index contributed by atoms with van der Waals surface area (Å²) in [6.45, 7) is 5.96. The molecule has 0 aliphatic carbocycles. The number of hydrogen-bond acceptors (Lipinski definition) is 4. The van der Waals surface area contributed by atoms with Crippen LogP contribution in [0.2, 0.25) is 0 Å². The van der Waals surface area contributed by atoms with Gasteiger partial charge in [0.25, 0.3) is 0 Å². The molecule has 0 radical (unpaired) electrons. The van der Waals surface area contributed by atoms with Crippen molar-refractivity contribution in [3.8, 4) is 0 Å². The SMILES string of the molecule is COCCNC(=NCC(=O)N(C)C)N1CCC(N2CCCC2)C1.I. The molecule has 0 saturated carbocycles. The number of methoxy groups -OCH3 is 1. The first-order valence-electron chi connectivity index (χ1n) is 8.58. The van der Waals surface area contributed by atoms with Gasteiger partial charge >= 0.3 is 0 Å². The Morgan fingerprint density at radius 3 is 2.62 bits per heavy atom. The van der Waals surface area contributed by atoms with Gasteiger partial charge in [-0.3, -0.25) is 9.69 Å². The molecule has 1 unspecified atom stereocenters. The molecule has 8 heteroatoms. The molecule has 2 aliphatic heterocycles. The maximum absolute atomic E-state index is 11.8. The summed E-state index contributed by atoms with van der Waals surface area (Å²) in [4.78, 5) is 22.8. The minimum Gasteiger partial charge on any atom is -0.383 e. The number of ether oxygens (including phenoxy) is 1. The fourth-order valence-corrected chi connectivity index (χ4v) is 3.16. The molecule has 0 spiro atoms. The van der Waals surface area contributed by atoms with Crippen molar-refractivity contribution >= 4 is 35.8 Å². The van der Waals surface area contributed by atoms with Crippen LogP contribution in [0.4, 0.5) is 0 Å². The predicted molar refractivity (Wildman–Crippen MR) is 107 cm³/mol. The van der Waals surface area contributed by atoms with Crippen molar-refractivity contribution in [1.29, 1.82) is 0 Å². The normalized spacial score (nSPS) is 21.7. The Labute approximate surface area is 162 Å². The van der Waals surface area contributed by atoms with Crippen molar-refractivity contribution in [2.45, 2.75) is 25.3 Å². The van der Waals surface area contributed by atoms with Crippen LogP contribution >= 0.6 is 24.0 Å². The first kappa shape index (κ1) is 21.4. The summed E-state index contributed by atoms with van der Waals surface area (Å²) >= 11 is 0. The second kappa shape index (κ2) is 11.1. The van der Waals surface area contributed by atoms with Crippen molar-refractivity contribution in [3.05, 3.63) is 0 Å². The molecule has 2 rings (SSSR count). The molecule has 1 atom stereocenters. The molecule has 2 heterocycles. The van der Waals surface area contributed by atoms with Gasteiger partial charge in [0.05, 0.1) is 6.61 Å². The minimum absolute atomic E-state index is 0. The Bertz CT molecular complexity index is 413. The Balaban J connectivity index is 0.00000288. The van der Waals surface area contributed by atoms with Gasteiger partial charge in [-0.2, -0.15) is 0 Å². The van der Waals surface area contributed by atoms with E-state index in [0.717, 1.165) is 19.0 Å². The lowest BCUT2D eigenvalue weighted by atomic mass is 10.2. The first-order valence-corrected chi connectivity index (χ1v) is 8.58. The predicted octanol–water partition coefficient (Wildman–Crippen LogP) is 0.455. The van der Waals surface area contributed by atoms with Gasteiger partial charge in [0.15, 0.2) is 5.96 Å². The average Bonchev–Trinajstić information content (AvgIpc) is 3.20. The second-order valence-corrected chi connectivity index (χ2v) is 6.48. The van der Waals surface area contributed by atoms with E-state index in [1.807, 2.05) is 0 Å². The number of likely N-dealkylation sites (N-methyl/N-ethyl adjacent to an activating group) is 1. The standard InChI is InChI=1S/C16H31N5O2.HI/c1-19(2)15(22)12-18-16(17-7-11-23-3)21-10-6-14(13-21)20-8-4-5-9-20;/h14H,4-13H2,1-3H3,(H,17,18);1H. The number of carbonyl (C=O) groups is 1. The van der Waals surface area contributed by atoms with Crippen LogP contribution < -0.4 is 5.32 Å². The number of halogens is 1. The summed E-state index contributed by atoms with van der Waals surface area (Å²) in [5.74, 6) is 0.852. The van der Waals surface area contributed by atoms with E-state index in [9.17, 15) is 4.79 Å². The number of aliphatic imine (C=N–C) groups is 1. The van der Waals surface area contributed by atoms with E-state index < -0.39 is 0 Å². The monoisotopic (exact) mass is 453 g/mol. The third-order valence-corrected chi connectivity index (χ3v) is 4.57. The lowest BCUT2D eigenvalue weighted by Gasteiger charge is -2.25. The average molecular weight is 453 g/mol. The zero-order chi connectivity index (χ0) is 16.7. The Morgan fingerprint density at radius 1 is 1.29 bits per heavy atom. The number of amides is 1. The highest BCUT2D eigenvalue weighted by molar-refractivity contribution is 14.0. The largest absolute Gasteiger partial charge is 0.383 e. The van der Waals surface area contributed by atoms with E-state index in [0.29, 0.717) is 19.2 Å². The van der Waals surface area contributed by atoms with Crippen LogP contribution in [0.1, 0.15) is 19.3 Å². The lowest BCUT2D eigenvalue weighted by molar-refractivity contribution is -0.127. The van der Waals surface area contributed by atoms with Crippen molar-refractivity contribution in [3.63, 3.8) is 0 Å². The zero-order valence-electron chi connectivity index (χ0n) is 15.2. The summed E-state index contributed by atoms with van der Waals surface area (Å²) in [6.07, 6.45) is 3.81. The van der Waals surface area contributed by atoms with E-state index in [4.69, 9.17) is 4.74 Å². The smallest absolute Gasteiger partial charge is 0.243 e. The summed E-state index contributed by atoms with van der Waals surface area (Å²) in [5.41, 5.74) is 0. The molecule has 1 amide bonds. The third kappa shape index (κ3) is 6.36. The molecule has 0 aromatic rings. The van der Waals surface area contributed by atoms with Crippen molar-refractivity contribution in [1.82, 2.24) is 20.0 Å². The summed E-state index contributed by atoms with van der Waals surface area (Å²) in [6, 6.07) is 0.622. The fourth-order valence-electron chi connectivity index (χ4n) is 3.16. The highest BCUT2D eigenvalue weighted by Crippen LogP contribution is 2.20. The van der Waals surface area contributed by atoms with Gasteiger partial charge in [-0.05, 0) is 32.4 Å². The van der Waals surface area contributed by atoms with Crippen molar-refractivity contribution in [2.24, 2.45) is 4.99 Å². The van der Waals surface area contributed by atoms with Gasteiger partial charge in [0, 0.05) is 46.9 Å². The van der Waals surface area contributed by atoms with Gasteiger partial charge in [0.1, 0.15) is 6.54 Å². The number of nitrogens with one attached hydrogen (secondary N) is 1. The van der Waals surface area contributed by atoms with E-state index >= 15 is 0 Å². The number of rotatable bonds is 6. The molecule has 2 fully saturated rings. The fraction of sp³-hybridized carbons (Fsp3) is 0.875. The van der Waals surface area contributed by atoms with E-state index in [1.165, 1.54) is 32.4 Å². The lowest BCUT2D eigenvalue weighted by Crippen LogP contribution is -2.44. The molecule has 140 valence electrons.